The Labute approximate surface area is 182 Å². The first-order chi connectivity index (χ1) is 14.9. The minimum Gasteiger partial charge on any atom is -0.493 e. The van der Waals surface area contributed by atoms with Gasteiger partial charge in [-0.05, 0) is 32.0 Å². The second-order valence-corrected chi connectivity index (χ2v) is 7.44. The summed E-state index contributed by atoms with van der Waals surface area (Å²) in [6.07, 6.45) is 0. The van der Waals surface area contributed by atoms with Crippen molar-refractivity contribution in [2.75, 3.05) is 18.2 Å². The number of benzene rings is 2. The topological polar surface area (TPSA) is 78.3 Å². The van der Waals surface area contributed by atoms with E-state index >= 15 is 0 Å². The van der Waals surface area contributed by atoms with Gasteiger partial charge in [-0.15, -0.1) is 10.2 Å². The highest BCUT2D eigenvalue weighted by molar-refractivity contribution is 7.99. The molecule has 0 radical (unpaired) electrons. The van der Waals surface area contributed by atoms with Crippen LogP contribution < -0.4 is 14.8 Å². The molecule has 3 aromatic rings. The molecule has 1 amide bonds. The number of thioether (sulfide) groups is 1. The van der Waals surface area contributed by atoms with Crippen LogP contribution in [0.3, 0.4) is 0 Å². The second-order valence-electron chi connectivity index (χ2n) is 6.50. The van der Waals surface area contributed by atoms with Crippen LogP contribution in [0.1, 0.15) is 12.5 Å². The van der Waals surface area contributed by atoms with E-state index in [1.165, 1.54) is 31.0 Å². The smallest absolute Gasteiger partial charge is 0.387 e. The molecular formula is C21H22F2N4O3S. The number of aryl methyl sites for hydroxylation is 1. The van der Waals surface area contributed by atoms with Crippen molar-refractivity contribution in [3.63, 3.8) is 0 Å². The number of methoxy groups -OCH3 is 1. The molecule has 7 nitrogen and oxygen atoms in total. The Hall–Kier alpha value is -3.14. The summed E-state index contributed by atoms with van der Waals surface area (Å²) in [6, 6.07) is 12.2. The van der Waals surface area contributed by atoms with Gasteiger partial charge >= 0.3 is 6.61 Å². The number of halogens is 2. The summed E-state index contributed by atoms with van der Waals surface area (Å²) in [6.45, 7) is 1.63. The van der Waals surface area contributed by atoms with Crippen molar-refractivity contribution < 1.29 is 23.0 Å². The Morgan fingerprint density at radius 1 is 1.19 bits per heavy atom. The van der Waals surface area contributed by atoms with Crippen LogP contribution in [-0.4, -0.2) is 40.1 Å². The number of aromatic nitrogens is 3. The third-order valence-corrected chi connectivity index (χ3v) is 5.27. The predicted octanol–water partition coefficient (Wildman–Crippen LogP) is 4.61. The van der Waals surface area contributed by atoms with E-state index in [1.54, 1.807) is 6.07 Å². The van der Waals surface area contributed by atoms with Gasteiger partial charge in [0.15, 0.2) is 22.5 Å². The SMILES string of the molecule is CCn1c(SCC(=O)Nc2ccc(OC)c(OC(F)F)c2)nnc1-c1cccc(C)c1. The van der Waals surface area contributed by atoms with E-state index < -0.39 is 6.61 Å². The van der Waals surface area contributed by atoms with Crippen molar-refractivity contribution >= 4 is 23.4 Å². The molecule has 0 spiro atoms. The summed E-state index contributed by atoms with van der Waals surface area (Å²) < 4.78 is 36.5. The van der Waals surface area contributed by atoms with Crippen LogP contribution in [0.5, 0.6) is 11.5 Å². The molecule has 0 aliphatic heterocycles. The zero-order valence-corrected chi connectivity index (χ0v) is 18.1. The fraction of sp³-hybridized carbons (Fsp3) is 0.286. The molecule has 10 heteroatoms. The van der Waals surface area contributed by atoms with Crippen LogP contribution >= 0.6 is 11.8 Å². The highest BCUT2D eigenvalue weighted by Crippen LogP contribution is 2.31. The molecule has 1 heterocycles. The van der Waals surface area contributed by atoms with E-state index in [4.69, 9.17) is 4.74 Å². The molecule has 0 atom stereocenters. The molecule has 1 aromatic heterocycles. The maximum Gasteiger partial charge on any atom is 0.387 e. The number of anilines is 1. The van der Waals surface area contributed by atoms with Gasteiger partial charge in [0, 0.05) is 23.9 Å². The fourth-order valence-electron chi connectivity index (χ4n) is 2.95. The summed E-state index contributed by atoms with van der Waals surface area (Å²) >= 11 is 1.24. The Morgan fingerprint density at radius 3 is 2.68 bits per heavy atom. The number of alkyl halides is 2. The highest BCUT2D eigenvalue weighted by Gasteiger charge is 2.16. The molecule has 1 N–H and O–H groups in total. The first-order valence-corrected chi connectivity index (χ1v) is 10.5. The summed E-state index contributed by atoms with van der Waals surface area (Å²) in [5, 5.41) is 11.8. The number of rotatable bonds is 9. The second kappa shape index (κ2) is 10.3. The number of hydrogen-bond donors (Lipinski definition) is 1. The molecule has 0 unspecified atom stereocenters. The normalized spacial score (nSPS) is 10.9. The molecule has 0 aliphatic rings. The number of hydrogen-bond acceptors (Lipinski definition) is 6. The minimum absolute atomic E-state index is 0.0724. The van der Waals surface area contributed by atoms with Crippen molar-refractivity contribution in [2.24, 2.45) is 0 Å². The number of carbonyl (C=O) groups excluding carboxylic acids is 1. The zero-order chi connectivity index (χ0) is 22.4. The fourth-order valence-corrected chi connectivity index (χ4v) is 3.75. The van der Waals surface area contributed by atoms with E-state index in [0.717, 1.165) is 17.0 Å². The molecule has 3 rings (SSSR count). The standard InChI is InChI=1S/C21H22F2N4O3S/c1-4-27-19(14-7-5-6-13(2)10-14)25-26-21(27)31-12-18(28)24-15-8-9-16(29-3)17(11-15)30-20(22)23/h5-11,20H,4,12H2,1-3H3,(H,24,28). The van der Waals surface area contributed by atoms with Gasteiger partial charge in [-0.3, -0.25) is 4.79 Å². The molecule has 0 fully saturated rings. The first-order valence-electron chi connectivity index (χ1n) is 9.47. The highest BCUT2D eigenvalue weighted by atomic mass is 32.2. The number of amides is 1. The van der Waals surface area contributed by atoms with E-state index in [1.807, 2.05) is 42.7 Å². The van der Waals surface area contributed by atoms with E-state index in [9.17, 15) is 13.6 Å². The monoisotopic (exact) mass is 448 g/mol. The Morgan fingerprint density at radius 2 is 2.00 bits per heavy atom. The third-order valence-electron chi connectivity index (χ3n) is 4.31. The van der Waals surface area contributed by atoms with Crippen LogP contribution in [0.15, 0.2) is 47.6 Å². The first kappa shape index (κ1) is 22.5. The molecule has 2 aromatic carbocycles. The largest absolute Gasteiger partial charge is 0.493 e. The number of ether oxygens (including phenoxy) is 2. The summed E-state index contributed by atoms with van der Waals surface area (Å²) in [5.74, 6) is 0.478. The Balaban J connectivity index is 1.68. The molecule has 31 heavy (non-hydrogen) atoms. The number of nitrogens with zero attached hydrogens (tertiary/aromatic N) is 3. The number of nitrogens with one attached hydrogen (secondary N) is 1. The van der Waals surface area contributed by atoms with Gasteiger partial charge < -0.3 is 19.4 Å². The van der Waals surface area contributed by atoms with Crippen LogP contribution in [0.4, 0.5) is 14.5 Å². The van der Waals surface area contributed by atoms with Gasteiger partial charge in [0.05, 0.1) is 12.9 Å². The lowest BCUT2D eigenvalue weighted by atomic mass is 10.1. The molecule has 164 valence electrons. The molecule has 0 aliphatic carbocycles. The zero-order valence-electron chi connectivity index (χ0n) is 17.3. The molecule has 0 bridgehead atoms. The lowest BCUT2D eigenvalue weighted by molar-refractivity contribution is -0.113. The molecular weight excluding hydrogens is 426 g/mol. The van der Waals surface area contributed by atoms with Gasteiger partial charge in [-0.2, -0.15) is 8.78 Å². The maximum absolute atomic E-state index is 12.6. The van der Waals surface area contributed by atoms with Gasteiger partial charge in [0.2, 0.25) is 5.91 Å². The van der Waals surface area contributed by atoms with Crippen LogP contribution in [0.25, 0.3) is 11.4 Å². The van der Waals surface area contributed by atoms with Crippen LogP contribution in [0, 0.1) is 6.92 Å². The quantitative estimate of drug-likeness (QED) is 0.482. The van der Waals surface area contributed by atoms with Gasteiger partial charge in [-0.1, -0.05) is 35.5 Å². The average Bonchev–Trinajstić information content (AvgIpc) is 3.15. The summed E-state index contributed by atoms with van der Waals surface area (Å²) in [5.41, 5.74) is 2.39. The summed E-state index contributed by atoms with van der Waals surface area (Å²) in [4.78, 5) is 12.4. The van der Waals surface area contributed by atoms with Crippen LogP contribution in [0.2, 0.25) is 0 Å². The summed E-state index contributed by atoms with van der Waals surface area (Å²) in [7, 11) is 1.34. The van der Waals surface area contributed by atoms with Crippen molar-refractivity contribution in [3.8, 4) is 22.9 Å². The number of carbonyl (C=O) groups is 1. The third kappa shape index (κ3) is 5.72. The minimum atomic E-state index is -3.00. The Bertz CT molecular complexity index is 1060. The van der Waals surface area contributed by atoms with Crippen molar-refractivity contribution in [3.05, 3.63) is 48.0 Å². The lowest BCUT2D eigenvalue weighted by Crippen LogP contribution is -2.15. The lowest BCUT2D eigenvalue weighted by Gasteiger charge is -2.12. The predicted molar refractivity (Wildman–Crippen MR) is 115 cm³/mol. The van der Waals surface area contributed by atoms with Crippen LogP contribution in [-0.2, 0) is 11.3 Å². The van der Waals surface area contributed by atoms with Gasteiger partial charge in [-0.25, -0.2) is 0 Å². The van der Waals surface area contributed by atoms with Crippen molar-refractivity contribution in [1.29, 1.82) is 0 Å². The molecule has 0 saturated carbocycles. The Kier molecular flexibility index (Phi) is 7.45. The van der Waals surface area contributed by atoms with Crippen molar-refractivity contribution in [1.82, 2.24) is 14.8 Å². The maximum atomic E-state index is 12.6. The van der Waals surface area contributed by atoms with E-state index in [-0.39, 0.29) is 23.2 Å². The van der Waals surface area contributed by atoms with Crippen molar-refractivity contribution in [2.45, 2.75) is 32.2 Å². The van der Waals surface area contributed by atoms with E-state index in [2.05, 4.69) is 20.3 Å². The molecule has 0 saturated heterocycles. The van der Waals surface area contributed by atoms with Gasteiger partial charge in [0.25, 0.3) is 0 Å². The van der Waals surface area contributed by atoms with Gasteiger partial charge in [0.1, 0.15) is 0 Å². The average molecular weight is 448 g/mol. The van der Waals surface area contributed by atoms with E-state index in [0.29, 0.717) is 17.4 Å².